The molecule has 38 heavy (non-hydrogen) atoms. The van der Waals surface area contributed by atoms with Gasteiger partial charge in [-0.15, -0.1) is 0 Å². The molecule has 0 saturated carbocycles. The Hall–Kier alpha value is -4.18. The van der Waals surface area contributed by atoms with Crippen molar-refractivity contribution in [2.45, 2.75) is 36.9 Å². The van der Waals surface area contributed by atoms with Crippen LogP contribution in [0.2, 0.25) is 0 Å². The second kappa shape index (κ2) is 11.9. The molecule has 10 heteroatoms. The Morgan fingerprint density at radius 1 is 0.974 bits per heavy atom. The topological polar surface area (TPSA) is 114 Å². The highest BCUT2D eigenvalue weighted by atomic mass is 32.2. The SMILES string of the molecule is COC(=O)[C@@H]1CN(S(=O)(=O)c2ccc(C)cc2)C([C@H](Cc2ccccc2)NC(=O)OCc2ccccc2)=N1. The van der Waals surface area contributed by atoms with Gasteiger partial charge in [0, 0.05) is 6.42 Å². The zero-order valence-electron chi connectivity index (χ0n) is 21.1. The van der Waals surface area contributed by atoms with Gasteiger partial charge < -0.3 is 14.8 Å². The van der Waals surface area contributed by atoms with E-state index >= 15 is 0 Å². The molecule has 0 spiro atoms. The average molecular weight is 536 g/mol. The van der Waals surface area contributed by atoms with E-state index in [1.807, 2.05) is 67.6 Å². The molecular formula is C28H29N3O6S. The van der Waals surface area contributed by atoms with Crippen molar-refractivity contribution in [2.24, 2.45) is 4.99 Å². The summed E-state index contributed by atoms with van der Waals surface area (Å²) in [5, 5.41) is 2.77. The van der Waals surface area contributed by atoms with Crippen molar-refractivity contribution in [3.63, 3.8) is 0 Å². The van der Waals surface area contributed by atoms with Gasteiger partial charge in [-0.25, -0.2) is 22.3 Å². The van der Waals surface area contributed by atoms with E-state index in [9.17, 15) is 18.0 Å². The summed E-state index contributed by atoms with van der Waals surface area (Å²) in [6, 6.07) is 22.8. The van der Waals surface area contributed by atoms with Crippen molar-refractivity contribution in [3.05, 3.63) is 102 Å². The summed E-state index contributed by atoms with van der Waals surface area (Å²) in [7, 11) is -2.89. The molecular weight excluding hydrogens is 506 g/mol. The van der Waals surface area contributed by atoms with Crippen LogP contribution >= 0.6 is 0 Å². The Balaban J connectivity index is 1.66. The normalized spacial score (nSPS) is 15.9. The van der Waals surface area contributed by atoms with Gasteiger partial charge in [0.15, 0.2) is 6.04 Å². The first-order chi connectivity index (χ1) is 18.3. The van der Waals surface area contributed by atoms with E-state index in [1.54, 1.807) is 12.1 Å². The summed E-state index contributed by atoms with van der Waals surface area (Å²) in [4.78, 5) is 29.8. The van der Waals surface area contributed by atoms with E-state index in [2.05, 4.69) is 10.3 Å². The molecule has 0 saturated heterocycles. The molecule has 9 nitrogen and oxygen atoms in total. The van der Waals surface area contributed by atoms with E-state index in [0.717, 1.165) is 21.0 Å². The number of aryl methyl sites for hydroxylation is 1. The lowest BCUT2D eigenvalue weighted by Crippen LogP contribution is -2.50. The monoisotopic (exact) mass is 535 g/mol. The summed E-state index contributed by atoms with van der Waals surface area (Å²) >= 11 is 0. The van der Waals surface area contributed by atoms with Crippen LogP contribution in [0.3, 0.4) is 0 Å². The number of rotatable bonds is 9. The predicted octanol–water partition coefficient (Wildman–Crippen LogP) is 3.48. The molecule has 1 heterocycles. The summed E-state index contributed by atoms with van der Waals surface area (Å²) in [5.74, 6) is -0.643. The highest BCUT2D eigenvalue weighted by molar-refractivity contribution is 7.89. The maximum absolute atomic E-state index is 13.7. The molecule has 0 aliphatic carbocycles. The molecule has 4 rings (SSSR count). The number of hydrogen-bond acceptors (Lipinski definition) is 7. The average Bonchev–Trinajstić information content (AvgIpc) is 3.39. The number of amides is 1. The number of amidine groups is 1. The van der Waals surface area contributed by atoms with Crippen LogP contribution < -0.4 is 5.32 Å². The van der Waals surface area contributed by atoms with Crippen LogP contribution in [0.4, 0.5) is 4.79 Å². The first-order valence-corrected chi connectivity index (χ1v) is 13.5. The van der Waals surface area contributed by atoms with Gasteiger partial charge in [-0.05, 0) is 30.2 Å². The first kappa shape index (κ1) is 26.9. The number of sulfonamides is 1. The minimum Gasteiger partial charge on any atom is -0.467 e. The minimum atomic E-state index is -4.10. The minimum absolute atomic E-state index is 0.0292. The zero-order valence-corrected chi connectivity index (χ0v) is 21.9. The molecule has 2 atom stereocenters. The molecule has 1 aliphatic rings. The molecule has 0 radical (unpaired) electrons. The van der Waals surface area contributed by atoms with Crippen LogP contribution in [0.1, 0.15) is 16.7 Å². The predicted molar refractivity (Wildman–Crippen MR) is 142 cm³/mol. The van der Waals surface area contributed by atoms with Gasteiger partial charge in [-0.2, -0.15) is 0 Å². The molecule has 0 bridgehead atoms. The van der Waals surface area contributed by atoms with Crippen LogP contribution in [-0.2, 0) is 37.3 Å². The number of carbonyl (C=O) groups excluding carboxylic acids is 2. The third kappa shape index (κ3) is 6.38. The number of hydrogen-bond donors (Lipinski definition) is 1. The number of esters is 1. The third-order valence-corrected chi connectivity index (χ3v) is 7.85. The number of ether oxygens (including phenoxy) is 2. The van der Waals surface area contributed by atoms with E-state index in [0.29, 0.717) is 0 Å². The Morgan fingerprint density at radius 2 is 1.58 bits per heavy atom. The van der Waals surface area contributed by atoms with Crippen LogP contribution in [-0.4, -0.2) is 56.4 Å². The van der Waals surface area contributed by atoms with E-state index < -0.39 is 34.2 Å². The fraction of sp³-hybridized carbons (Fsp3) is 0.250. The summed E-state index contributed by atoms with van der Waals surface area (Å²) in [6.45, 7) is 1.64. The van der Waals surface area contributed by atoms with Gasteiger partial charge in [0.25, 0.3) is 10.0 Å². The lowest BCUT2D eigenvalue weighted by atomic mass is 10.1. The van der Waals surface area contributed by atoms with Gasteiger partial charge in [0.1, 0.15) is 12.4 Å². The second-order valence-electron chi connectivity index (χ2n) is 8.82. The van der Waals surface area contributed by atoms with Gasteiger partial charge >= 0.3 is 12.1 Å². The van der Waals surface area contributed by atoms with Gasteiger partial charge in [-0.1, -0.05) is 78.4 Å². The number of nitrogens with one attached hydrogen (secondary N) is 1. The molecule has 0 fully saturated rings. The largest absolute Gasteiger partial charge is 0.467 e. The number of alkyl carbamates (subject to hydrolysis) is 1. The van der Waals surface area contributed by atoms with Crippen molar-refractivity contribution >= 4 is 27.9 Å². The Kier molecular flexibility index (Phi) is 8.42. The first-order valence-electron chi connectivity index (χ1n) is 12.0. The summed E-state index contributed by atoms with van der Waals surface area (Å²) in [5.41, 5.74) is 2.53. The van der Waals surface area contributed by atoms with E-state index in [1.165, 1.54) is 19.2 Å². The number of carbonyl (C=O) groups is 2. The molecule has 0 unspecified atom stereocenters. The number of nitrogens with zero attached hydrogens (tertiary/aromatic N) is 2. The van der Waals surface area contributed by atoms with E-state index in [4.69, 9.17) is 9.47 Å². The maximum Gasteiger partial charge on any atom is 0.408 e. The van der Waals surface area contributed by atoms with Crippen molar-refractivity contribution in [1.29, 1.82) is 0 Å². The quantitative estimate of drug-likeness (QED) is 0.420. The van der Waals surface area contributed by atoms with E-state index in [-0.39, 0.29) is 30.3 Å². The molecule has 198 valence electrons. The Morgan fingerprint density at radius 3 is 2.18 bits per heavy atom. The van der Waals surface area contributed by atoms with Gasteiger partial charge in [-0.3, -0.25) is 4.99 Å². The van der Waals surface area contributed by atoms with Gasteiger partial charge in [0.05, 0.1) is 24.6 Å². The van der Waals surface area contributed by atoms with Crippen LogP contribution in [0.25, 0.3) is 0 Å². The standard InChI is InChI=1S/C28H29N3O6S/c1-20-13-15-23(16-14-20)38(34,35)31-18-25(27(32)36-2)29-26(31)24(17-21-9-5-3-6-10-21)30-28(33)37-19-22-11-7-4-8-12-22/h3-16,24-25H,17-19H2,1-2H3,(H,30,33)/t24-,25-/m0/s1. The second-order valence-corrected chi connectivity index (χ2v) is 10.7. The van der Waals surface area contributed by atoms with Crippen molar-refractivity contribution in [2.75, 3.05) is 13.7 Å². The van der Waals surface area contributed by atoms with Crippen molar-refractivity contribution in [1.82, 2.24) is 9.62 Å². The number of aliphatic imine (C=N–C) groups is 1. The van der Waals surface area contributed by atoms with Crippen LogP contribution in [0.5, 0.6) is 0 Å². The van der Waals surface area contributed by atoms with Gasteiger partial charge in [0.2, 0.25) is 0 Å². The molecule has 0 aromatic heterocycles. The highest BCUT2D eigenvalue weighted by Gasteiger charge is 2.42. The van der Waals surface area contributed by atoms with Crippen molar-refractivity contribution in [3.8, 4) is 0 Å². The lowest BCUT2D eigenvalue weighted by molar-refractivity contribution is -0.141. The summed E-state index contributed by atoms with van der Waals surface area (Å²) in [6.07, 6.45) is -0.528. The van der Waals surface area contributed by atoms with Crippen molar-refractivity contribution < 1.29 is 27.5 Å². The fourth-order valence-corrected chi connectivity index (χ4v) is 5.56. The zero-order chi connectivity index (χ0) is 27.1. The molecule has 1 aliphatic heterocycles. The molecule has 3 aromatic rings. The Bertz CT molecular complexity index is 1390. The molecule has 3 aromatic carbocycles. The smallest absolute Gasteiger partial charge is 0.408 e. The maximum atomic E-state index is 13.7. The Labute approximate surface area is 222 Å². The molecule has 1 amide bonds. The fourth-order valence-electron chi connectivity index (χ4n) is 4.06. The van der Waals surface area contributed by atoms with Crippen LogP contribution in [0, 0.1) is 6.92 Å². The highest BCUT2D eigenvalue weighted by Crippen LogP contribution is 2.25. The number of benzene rings is 3. The summed E-state index contributed by atoms with van der Waals surface area (Å²) < 4.78 is 38.8. The molecule has 1 N–H and O–H groups in total. The number of methoxy groups -OCH3 is 1. The van der Waals surface area contributed by atoms with Crippen LogP contribution in [0.15, 0.2) is 94.8 Å². The third-order valence-electron chi connectivity index (χ3n) is 6.06. The lowest BCUT2D eigenvalue weighted by Gasteiger charge is -2.27.